The Labute approximate surface area is 143 Å². The summed E-state index contributed by atoms with van der Waals surface area (Å²) < 4.78 is 0.825. The van der Waals surface area contributed by atoms with Crippen LogP contribution in [0, 0.1) is 6.92 Å². The van der Waals surface area contributed by atoms with Crippen LogP contribution in [-0.4, -0.2) is 6.04 Å². The molecule has 110 valence electrons. The van der Waals surface area contributed by atoms with Crippen LogP contribution in [0.4, 0.5) is 5.69 Å². The van der Waals surface area contributed by atoms with Gasteiger partial charge in [0.25, 0.3) is 0 Å². The molecule has 4 heteroatoms. The van der Waals surface area contributed by atoms with Crippen molar-refractivity contribution < 1.29 is 0 Å². The predicted molar refractivity (Wildman–Crippen MR) is 94.7 cm³/mol. The third-order valence-corrected chi connectivity index (χ3v) is 5.93. The molecule has 0 aliphatic heterocycles. The summed E-state index contributed by atoms with van der Waals surface area (Å²) in [5.41, 5.74) is 3.76. The average molecular weight is 385 g/mol. The summed E-state index contributed by atoms with van der Waals surface area (Å²) in [5.74, 6) is 0.647. The Hall–Kier alpha value is -0.700. The molecule has 1 aliphatic carbocycles. The number of hydrogen-bond donors (Lipinski definition) is 1. The summed E-state index contributed by atoms with van der Waals surface area (Å²) in [6, 6.07) is 13.0. The molecule has 1 fully saturated rings. The molecule has 0 amide bonds. The Kier molecular flexibility index (Phi) is 4.49. The highest BCUT2D eigenvalue weighted by Crippen LogP contribution is 2.42. The van der Waals surface area contributed by atoms with Crippen molar-refractivity contribution in [3.8, 4) is 0 Å². The zero-order chi connectivity index (χ0) is 15.0. The molecule has 0 heterocycles. The molecule has 0 radical (unpaired) electrons. The van der Waals surface area contributed by atoms with Gasteiger partial charge < -0.3 is 5.32 Å². The fourth-order valence-electron chi connectivity index (χ4n) is 2.89. The standard InChI is InChI=1S/C17H16BrCl2N/c1-10-4-2-3-5-13(10)11-8-12(9-11)21-15-7-6-14(18)16(19)17(15)20/h2-7,11-12,21H,8-9H2,1H3. The number of aryl methyl sites for hydroxylation is 1. The molecule has 0 unspecified atom stereocenters. The van der Waals surface area contributed by atoms with Crippen LogP contribution < -0.4 is 5.32 Å². The van der Waals surface area contributed by atoms with E-state index in [4.69, 9.17) is 23.2 Å². The maximum Gasteiger partial charge on any atom is 0.0835 e. The van der Waals surface area contributed by atoms with Crippen LogP contribution in [0.3, 0.4) is 0 Å². The van der Waals surface area contributed by atoms with Gasteiger partial charge in [0.15, 0.2) is 0 Å². The molecule has 1 nitrogen and oxygen atoms in total. The molecule has 1 N–H and O–H groups in total. The predicted octanol–water partition coefficient (Wildman–Crippen LogP) is 6.42. The molecular weight excluding hydrogens is 369 g/mol. The average Bonchev–Trinajstić information content (AvgIpc) is 2.43. The van der Waals surface area contributed by atoms with Gasteiger partial charge in [0.1, 0.15) is 0 Å². The van der Waals surface area contributed by atoms with Crippen LogP contribution in [0.5, 0.6) is 0 Å². The molecule has 3 rings (SSSR count). The molecule has 1 aliphatic rings. The van der Waals surface area contributed by atoms with Crippen molar-refractivity contribution in [2.45, 2.75) is 31.7 Å². The van der Waals surface area contributed by atoms with Gasteiger partial charge in [0.05, 0.1) is 15.7 Å². The van der Waals surface area contributed by atoms with E-state index >= 15 is 0 Å². The molecule has 0 saturated heterocycles. The molecule has 2 aromatic rings. The quantitative estimate of drug-likeness (QED) is 0.601. The minimum atomic E-state index is 0.462. The van der Waals surface area contributed by atoms with E-state index in [2.05, 4.69) is 52.4 Å². The van der Waals surface area contributed by atoms with Crippen molar-refractivity contribution in [2.75, 3.05) is 5.32 Å². The highest BCUT2D eigenvalue weighted by atomic mass is 79.9. The Morgan fingerprint density at radius 1 is 1.05 bits per heavy atom. The third kappa shape index (κ3) is 3.08. The first-order chi connectivity index (χ1) is 10.1. The second-order valence-electron chi connectivity index (χ2n) is 5.59. The van der Waals surface area contributed by atoms with Gasteiger partial charge in [-0.3, -0.25) is 0 Å². The van der Waals surface area contributed by atoms with Gasteiger partial charge in [-0.25, -0.2) is 0 Å². The number of halogens is 3. The van der Waals surface area contributed by atoms with Gasteiger partial charge in [0, 0.05) is 10.5 Å². The van der Waals surface area contributed by atoms with Crippen molar-refractivity contribution in [3.63, 3.8) is 0 Å². The van der Waals surface area contributed by atoms with E-state index < -0.39 is 0 Å². The molecule has 1 saturated carbocycles. The third-order valence-electron chi connectivity index (χ3n) is 4.16. The van der Waals surface area contributed by atoms with E-state index in [1.54, 1.807) is 0 Å². The highest BCUT2D eigenvalue weighted by Gasteiger charge is 2.31. The van der Waals surface area contributed by atoms with Crippen molar-refractivity contribution in [2.24, 2.45) is 0 Å². The first kappa shape index (κ1) is 15.2. The topological polar surface area (TPSA) is 12.0 Å². The first-order valence-corrected chi connectivity index (χ1v) is 8.56. The number of nitrogens with one attached hydrogen (secondary N) is 1. The SMILES string of the molecule is Cc1ccccc1C1CC(Nc2ccc(Br)c(Cl)c2Cl)C1. The normalized spacial score (nSPS) is 21.0. The van der Waals surface area contributed by atoms with Crippen LogP contribution in [0.25, 0.3) is 0 Å². The molecular formula is C17H16BrCl2N. The Bertz CT molecular complexity index is 666. The summed E-state index contributed by atoms with van der Waals surface area (Å²) in [6.07, 6.45) is 2.27. The lowest BCUT2D eigenvalue weighted by Crippen LogP contribution is -2.34. The summed E-state index contributed by atoms with van der Waals surface area (Å²) in [7, 11) is 0. The molecule has 21 heavy (non-hydrogen) atoms. The zero-order valence-electron chi connectivity index (χ0n) is 11.7. The van der Waals surface area contributed by atoms with E-state index in [1.807, 2.05) is 12.1 Å². The number of anilines is 1. The van der Waals surface area contributed by atoms with Gasteiger partial charge in [-0.05, 0) is 64.9 Å². The summed E-state index contributed by atoms with van der Waals surface area (Å²) in [4.78, 5) is 0. The highest BCUT2D eigenvalue weighted by molar-refractivity contribution is 9.10. The van der Waals surface area contributed by atoms with Gasteiger partial charge in [0.2, 0.25) is 0 Å². The summed E-state index contributed by atoms with van der Waals surface area (Å²) in [5, 5.41) is 4.65. The smallest absolute Gasteiger partial charge is 0.0835 e. The zero-order valence-corrected chi connectivity index (χ0v) is 14.8. The second-order valence-corrected chi connectivity index (χ2v) is 7.20. The van der Waals surface area contributed by atoms with Crippen molar-refractivity contribution in [3.05, 3.63) is 62.0 Å². The van der Waals surface area contributed by atoms with Crippen molar-refractivity contribution in [1.29, 1.82) is 0 Å². The van der Waals surface area contributed by atoms with E-state index in [1.165, 1.54) is 11.1 Å². The van der Waals surface area contributed by atoms with Gasteiger partial charge in [-0.15, -0.1) is 0 Å². The van der Waals surface area contributed by atoms with Crippen LogP contribution >= 0.6 is 39.1 Å². The number of hydrogen-bond acceptors (Lipinski definition) is 1. The van der Waals surface area contributed by atoms with Crippen LogP contribution in [0.15, 0.2) is 40.9 Å². The largest absolute Gasteiger partial charge is 0.381 e. The van der Waals surface area contributed by atoms with Gasteiger partial charge >= 0.3 is 0 Å². The van der Waals surface area contributed by atoms with E-state index in [0.29, 0.717) is 22.0 Å². The molecule has 2 aromatic carbocycles. The molecule has 0 atom stereocenters. The molecule has 0 bridgehead atoms. The van der Waals surface area contributed by atoms with Crippen LogP contribution in [0.1, 0.15) is 29.9 Å². The maximum absolute atomic E-state index is 6.28. The Morgan fingerprint density at radius 2 is 1.76 bits per heavy atom. The fraction of sp³-hybridized carbons (Fsp3) is 0.294. The summed E-state index contributed by atoms with van der Waals surface area (Å²) in [6.45, 7) is 2.18. The molecule has 0 spiro atoms. The number of rotatable bonds is 3. The van der Waals surface area contributed by atoms with Crippen molar-refractivity contribution >= 4 is 44.8 Å². The van der Waals surface area contributed by atoms with E-state index in [-0.39, 0.29) is 0 Å². The Morgan fingerprint density at radius 3 is 2.48 bits per heavy atom. The van der Waals surface area contributed by atoms with E-state index in [0.717, 1.165) is 23.0 Å². The fourth-order valence-corrected chi connectivity index (χ4v) is 3.72. The Balaban J connectivity index is 1.66. The lowest BCUT2D eigenvalue weighted by molar-refractivity contribution is 0.373. The van der Waals surface area contributed by atoms with Gasteiger partial charge in [-0.1, -0.05) is 47.5 Å². The van der Waals surface area contributed by atoms with E-state index in [9.17, 15) is 0 Å². The summed E-state index contributed by atoms with van der Waals surface area (Å²) >= 11 is 15.8. The van der Waals surface area contributed by atoms with Crippen LogP contribution in [-0.2, 0) is 0 Å². The monoisotopic (exact) mass is 383 g/mol. The van der Waals surface area contributed by atoms with Crippen molar-refractivity contribution in [1.82, 2.24) is 0 Å². The minimum absolute atomic E-state index is 0.462. The minimum Gasteiger partial charge on any atom is -0.381 e. The second kappa shape index (κ2) is 6.20. The lowest BCUT2D eigenvalue weighted by atomic mass is 9.74. The van der Waals surface area contributed by atoms with Crippen LogP contribution in [0.2, 0.25) is 10.0 Å². The van der Waals surface area contributed by atoms with Gasteiger partial charge in [-0.2, -0.15) is 0 Å². The first-order valence-electron chi connectivity index (χ1n) is 7.02. The lowest BCUT2D eigenvalue weighted by Gasteiger charge is -2.37. The maximum atomic E-state index is 6.28. The number of benzene rings is 2. The molecule has 0 aromatic heterocycles.